The number of halogens is 3. The highest BCUT2D eigenvalue weighted by molar-refractivity contribution is 7.13. The smallest absolute Gasteiger partial charge is 0.288 e. The highest BCUT2D eigenvalue weighted by Gasteiger charge is 2.43. The lowest BCUT2D eigenvalue weighted by Gasteiger charge is -2.09. The number of carbonyl (C=O) groups is 2. The van der Waals surface area contributed by atoms with Crippen LogP contribution in [0, 0.1) is 6.92 Å². The molecular weight excluding hydrogens is 449 g/mol. The number of hydrogen-bond acceptors (Lipinski definition) is 4. The number of nitrogens with zero attached hydrogens (tertiary/aromatic N) is 2. The first-order valence-electron chi connectivity index (χ1n) is 9.87. The topological polar surface area (TPSA) is 52.0 Å². The molecule has 0 bridgehead atoms. The van der Waals surface area contributed by atoms with Crippen molar-refractivity contribution in [2.75, 3.05) is 0 Å². The zero-order chi connectivity index (χ0) is 23.6. The van der Waals surface area contributed by atoms with Crippen molar-refractivity contribution in [3.8, 4) is 16.3 Å². The number of allylic oxidation sites excluding steroid dienone is 1. The minimum absolute atomic E-state index is 0.00225. The Morgan fingerprint density at radius 1 is 0.970 bits per heavy atom. The van der Waals surface area contributed by atoms with E-state index >= 15 is 0 Å². The number of alkyl halides is 3. The maximum atomic E-state index is 13.4. The molecule has 0 radical (unpaired) electrons. The predicted molar refractivity (Wildman–Crippen MR) is 121 cm³/mol. The fourth-order valence-corrected chi connectivity index (χ4v) is 3.94. The molecule has 0 spiro atoms. The summed E-state index contributed by atoms with van der Waals surface area (Å²) in [5.41, 5.74) is 1.16. The second-order valence-electron chi connectivity index (χ2n) is 7.27. The normalized spacial score (nSPS) is 12.1. The van der Waals surface area contributed by atoms with Gasteiger partial charge in [-0.05, 0) is 36.6 Å². The van der Waals surface area contributed by atoms with E-state index in [1.165, 1.54) is 34.3 Å². The third kappa shape index (κ3) is 4.85. The molecule has 0 aliphatic heterocycles. The van der Waals surface area contributed by atoms with E-state index in [0.29, 0.717) is 16.3 Å². The highest BCUT2D eigenvalue weighted by atomic mass is 32.1. The molecule has 0 atom stereocenters. The molecule has 0 amide bonds. The molecule has 2 aromatic carbocycles. The summed E-state index contributed by atoms with van der Waals surface area (Å²) >= 11 is 1.35. The molecule has 0 aliphatic rings. The summed E-state index contributed by atoms with van der Waals surface area (Å²) in [7, 11) is 0. The Bertz CT molecular complexity index is 1320. The molecule has 166 valence electrons. The van der Waals surface area contributed by atoms with Crippen molar-refractivity contribution >= 4 is 29.0 Å². The van der Waals surface area contributed by atoms with Crippen LogP contribution in [0.2, 0.25) is 0 Å². The second kappa shape index (κ2) is 8.99. The van der Waals surface area contributed by atoms with Crippen LogP contribution in [0.15, 0.2) is 83.9 Å². The molecule has 4 rings (SSSR count). The van der Waals surface area contributed by atoms with E-state index in [-0.39, 0.29) is 11.1 Å². The molecule has 4 aromatic rings. The van der Waals surface area contributed by atoms with Crippen LogP contribution < -0.4 is 0 Å². The van der Waals surface area contributed by atoms with Crippen molar-refractivity contribution < 1.29 is 22.8 Å². The zero-order valence-electron chi connectivity index (χ0n) is 17.3. The van der Waals surface area contributed by atoms with Crippen LogP contribution in [-0.2, 0) is 4.79 Å². The van der Waals surface area contributed by atoms with Crippen molar-refractivity contribution in [3.63, 3.8) is 0 Å². The quantitative estimate of drug-likeness (QED) is 0.145. The van der Waals surface area contributed by atoms with Gasteiger partial charge in [-0.15, -0.1) is 11.3 Å². The fraction of sp³-hybridized carbons (Fsp3) is 0.0800. The number of hydrogen-bond donors (Lipinski definition) is 0. The number of thiophene rings is 1. The Kier molecular flexibility index (Phi) is 6.11. The number of aromatic nitrogens is 2. The van der Waals surface area contributed by atoms with Crippen LogP contribution in [0.1, 0.15) is 21.5 Å². The molecule has 0 N–H and O–H groups in total. The number of benzene rings is 2. The van der Waals surface area contributed by atoms with E-state index in [4.69, 9.17) is 0 Å². The molecule has 33 heavy (non-hydrogen) atoms. The van der Waals surface area contributed by atoms with Crippen molar-refractivity contribution in [1.29, 1.82) is 0 Å². The van der Waals surface area contributed by atoms with Gasteiger partial charge in [-0.25, -0.2) is 4.68 Å². The highest BCUT2D eigenvalue weighted by Crippen LogP contribution is 2.31. The SMILES string of the molecule is Cc1ccc(C(=O)C(=Cc2cn(-c3ccccc3)nc2-c2cccs2)C(=O)C(F)(F)F)cc1. The standard InChI is InChI=1S/C25H17F3N2O2S/c1-16-9-11-17(12-10-16)23(31)20(24(32)25(26,27)28)14-18-15-30(19-6-3-2-4-7-19)29-22(18)21-8-5-13-33-21/h2-15H,1H3. The van der Waals surface area contributed by atoms with Gasteiger partial charge >= 0.3 is 6.18 Å². The average molecular weight is 466 g/mol. The average Bonchev–Trinajstić information content (AvgIpc) is 3.47. The summed E-state index contributed by atoms with van der Waals surface area (Å²) in [6, 6.07) is 18.6. The molecule has 2 heterocycles. The summed E-state index contributed by atoms with van der Waals surface area (Å²) in [4.78, 5) is 26.0. The Hall–Kier alpha value is -3.78. The van der Waals surface area contributed by atoms with Gasteiger partial charge in [0, 0.05) is 17.3 Å². The first-order valence-corrected chi connectivity index (χ1v) is 10.8. The van der Waals surface area contributed by atoms with E-state index in [1.807, 2.05) is 11.4 Å². The minimum atomic E-state index is -5.20. The molecule has 0 saturated carbocycles. The van der Waals surface area contributed by atoms with E-state index < -0.39 is 23.3 Å². The van der Waals surface area contributed by atoms with Gasteiger partial charge in [-0.3, -0.25) is 9.59 Å². The van der Waals surface area contributed by atoms with E-state index in [1.54, 1.807) is 55.5 Å². The van der Waals surface area contributed by atoms with Gasteiger partial charge in [-0.1, -0.05) is 54.1 Å². The summed E-state index contributed by atoms with van der Waals surface area (Å²) in [6.07, 6.45) is -2.71. The molecule has 0 fully saturated rings. The largest absolute Gasteiger partial charge is 0.455 e. The van der Waals surface area contributed by atoms with Crippen molar-refractivity contribution in [2.45, 2.75) is 13.1 Å². The van der Waals surface area contributed by atoms with Crippen LogP contribution >= 0.6 is 11.3 Å². The molecule has 0 unspecified atom stereocenters. The maximum absolute atomic E-state index is 13.4. The molecule has 4 nitrogen and oxygen atoms in total. The van der Waals surface area contributed by atoms with Crippen molar-refractivity contribution in [1.82, 2.24) is 9.78 Å². The third-order valence-corrected chi connectivity index (χ3v) is 5.75. The first-order chi connectivity index (χ1) is 15.7. The summed E-state index contributed by atoms with van der Waals surface area (Å²) in [6.45, 7) is 1.79. The summed E-state index contributed by atoms with van der Waals surface area (Å²) in [5.74, 6) is -3.19. The van der Waals surface area contributed by atoms with Gasteiger partial charge in [-0.2, -0.15) is 18.3 Å². The number of para-hydroxylation sites is 1. The third-order valence-electron chi connectivity index (χ3n) is 4.88. The van der Waals surface area contributed by atoms with E-state index in [2.05, 4.69) is 5.10 Å². The van der Waals surface area contributed by atoms with Crippen LogP contribution in [0.3, 0.4) is 0 Å². The van der Waals surface area contributed by atoms with Gasteiger partial charge in [0.05, 0.1) is 16.1 Å². The summed E-state index contributed by atoms with van der Waals surface area (Å²) < 4.78 is 41.8. The second-order valence-corrected chi connectivity index (χ2v) is 8.22. The lowest BCUT2D eigenvalue weighted by atomic mass is 9.96. The summed E-state index contributed by atoms with van der Waals surface area (Å²) in [5, 5.41) is 6.33. The Morgan fingerprint density at radius 3 is 2.27 bits per heavy atom. The molecule has 8 heteroatoms. The minimum Gasteiger partial charge on any atom is -0.288 e. The van der Waals surface area contributed by atoms with Crippen LogP contribution in [0.4, 0.5) is 13.2 Å². The molecule has 2 aromatic heterocycles. The Morgan fingerprint density at radius 2 is 1.67 bits per heavy atom. The number of rotatable bonds is 6. The molecule has 0 saturated heterocycles. The van der Waals surface area contributed by atoms with Gasteiger partial charge in [0.2, 0.25) is 0 Å². The monoisotopic (exact) mass is 466 g/mol. The van der Waals surface area contributed by atoms with E-state index in [9.17, 15) is 22.8 Å². The lowest BCUT2D eigenvalue weighted by molar-refractivity contribution is -0.166. The maximum Gasteiger partial charge on any atom is 0.455 e. The van der Waals surface area contributed by atoms with E-state index in [0.717, 1.165) is 11.6 Å². The Balaban J connectivity index is 1.89. The first kappa shape index (κ1) is 22.4. The fourth-order valence-electron chi connectivity index (χ4n) is 3.21. The Labute approximate surface area is 191 Å². The molecule has 0 aliphatic carbocycles. The number of ketones is 2. The van der Waals surface area contributed by atoms with Crippen LogP contribution in [-0.4, -0.2) is 27.5 Å². The van der Waals surface area contributed by atoms with Crippen molar-refractivity contribution in [2.24, 2.45) is 0 Å². The number of Topliss-reactive ketones (excluding diaryl/α,β-unsaturated/α-hetero) is 2. The van der Waals surface area contributed by atoms with Gasteiger partial charge in [0.15, 0.2) is 5.78 Å². The van der Waals surface area contributed by atoms with Gasteiger partial charge in [0.25, 0.3) is 5.78 Å². The zero-order valence-corrected chi connectivity index (χ0v) is 18.2. The number of aryl methyl sites for hydroxylation is 1. The van der Waals surface area contributed by atoms with Gasteiger partial charge < -0.3 is 0 Å². The molecular formula is C25H17F3N2O2S. The van der Waals surface area contributed by atoms with Crippen molar-refractivity contribution in [3.05, 3.63) is 101 Å². The predicted octanol–water partition coefficient (Wildman–Crippen LogP) is 6.31. The van der Waals surface area contributed by atoms with Crippen LogP contribution in [0.25, 0.3) is 22.3 Å². The van der Waals surface area contributed by atoms with Crippen LogP contribution in [0.5, 0.6) is 0 Å². The number of carbonyl (C=O) groups excluding carboxylic acids is 2. The lowest BCUT2D eigenvalue weighted by Crippen LogP contribution is -2.28. The van der Waals surface area contributed by atoms with Gasteiger partial charge in [0.1, 0.15) is 5.69 Å².